The molecule has 2 aromatic heterocycles. The number of nitrogens with two attached hydrogens (primary N) is 1. The van der Waals surface area contributed by atoms with E-state index in [0.29, 0.717) is 37.5 Å². The van der Waals surface area contributed by atoms with Gasteiger partial charge >= 0.3 is 6.01 Å². The molecule has 0 saturated carbocycles. The topological polar surface area (TPSA) is 109 Å². The molecule has 12 heteroatoms. The first-order valence-corrected chi connectivity index (χ1v) is 12.3. The van der Waals surface area contributed by atoms with E-state index in [9.17, 15) is 9.65 Å². The first-order valence-electron chi connectivity index (χ1n) is 11.1. The number of piperazine rings is 1. The summed E-state index contributed by atoms with van der Waals surface area (Å²) in [6.45, 7) is 2.36. The average Bonchev–Trinajstić information content (AvgIpc) is 3.21. The maximum absolute atomic E-state index is 16.3. The van der Waals surface area contributed by atoms with Crippen LogP contribution >= 0.6 is 22.9 Å². The molecule has 2 aliphatic heterocycles. The number of rotatable bonds is 3. The summed E-state index contributed by atoms with van der Waals surface area (Å²) in [6, 6.07) is 6.22. The van der Waals surface area contributed by atoms with Crippen LogP contribution in [0.25, 0.3) is 32.1 Å². The van der Waals surface area contributed by atoms with Crippen LogP contribution in [0.4, 0.5) is 19.6 Å². The van der Waals surface area contributed by atoms with Gasteiger partial charge in [-0.2, -0.15) is 15.2 Å². The number of hydrogen-bond acceptors (Lipinski definition) is 9. The molecule has 0 amide bonds. The molecular formula is C24H19ClF2N6O2S. The van der Waals surface area contributed by atoms with E-state index >= 15 is 4.39 Å². The van der Waals surface area contributed by atoms with Crippen molar-refractivity contribution in [2.75, 3.05) is 44.0 Å². The molecule has 3 N–H and O–H groups in total. The number of hydrogen-bond donors (Lipinski definition) is 2. The van der Waals surface area contributed by atoms with Crippen LogP contribution < -0.4 is 20.7 Å². The van der Waals surface area contributed by atoms with Gasteiger partial charge in [0.2, 0.25) is 0 Å². The molecule has 8 nitrogen and oxygen atoms in total. The van der Waals surface area contributed by atoms with E-state index in [1.54, 1.807) is 6.07 Å². The Morgan fingerprint density at radius 1 is 1.28 bits per heavy atom. The zero-order valence-electron chi connectivity index (χ0n) is 18.9. The number of halogens is 3. The van der Waals surface area contributed by atoms with Crippen LogP contribution in [-0.2, 0) is 4.74 Å². The van der Waals surface area contributed by atoms with E-state index in [2.05, 4.69) is 20.2 Å². The van der Waals surface area contributed by atoms with E-state index in [1.807, 2.05) is 6.07 Å². The molecule has 36 heavy (non-hydrogen) atoms. The lowest BCUT2D eigenvalue weighted by Gasteiger charge is -2.47. The molecule has 2 bridgehead atoms. The molecule has 0 aliphatic carbocycles. The third-order valence-electron chi connectivity index (χ3n) is 6.64. The lowest BCUT2D eigenvalue weighted by atomic mass is 9.96. The highest BCUT2D eigenvalue weighted by Gasteiger charge is 2.37. The highest BCUT2D eigenvalue weighted by Crippen LogP contribution is 2.46. The number of thiophene rings is 1. The highest BCUT2D eigenvalue weighted by molar-refractivity contribution is 7.23. The maximum atomic E-state index is 16.3. The van der Waals surface area contributed by atoms with Crippen molar-refractivity contribution in [3.63, 3.8) is 0 Å². The number of methoxy groups -OCH3 is 1. The van der Waals surface area contributed by atoms with Crippen LogP contribution in [0.5, 0.6) is 6.01 Å². The van der Waals surface area contributed by atoms with E-state index in [-0.39, 0.29) is 60.4 Å². The third kappa shape index (κ3) is 3.37. The largest absolute Gasteiger partial charge is 0.467 e. The van der Waals surface area contributed by atoms with Crippen LogP contribution in [0.3, 0.4) is 0 Å². The predicted molar refractivity (Wildman–Crippen MR) is 135 cm³/mol. The van der Waals surface area contributed by atoms with Crippen molar-refractivity contribution in [2.45, 2.75) is 12.1 Å². The summed E-state index contributed by atoms with van der Waals surface area (Å²) in [5.41, 5.74) is 6.32. The minimum Gasteiger partial charge on any atom is -0.467 e. The fourth-order valence-corrected chi connectivity index (χ4v) is 6.32. The first-order chi connectivity index (χ1) is 17.4. The standard InChI is InChI=1S/C24H19ClF2N6O2S/c1-34-24-31-20-13(23(32-24)33-10-6-30-7-11(33)9-35-8-10)4-15(25)18(19(20)27)12-2-3-16(26)21-17(12)14(5-28)22(29)36-21/h2-4,10-11,30H,6-9,29H2,1H3. The maximum Gasteiger partial charge on any atom is 0.318 e. The van der Waals surface area contributed by atoms with Crippen molar-refractivity contribution in [3.05, 3.63) is 40.4 Å². The quantitative estimate of drug-likeness (QED) is 0.409. The van der Waals surface area contributed by atoms with Crippen molar-refractivity contribution in [1.82, 2.24) is 15.3 Å². The summed E-state index contributed by atoms with van der Waals surface area (Å²) in [7, 11) is 1.41. The molecule has 184 valence electrons. The van der Waals surface area contributed by atoms with Gasteiger partial charge in [-0.15, -0.1) is 11.3 Å². The summed E-state index contributed by atoms with van der Waals surface area (Å²) in [6.07, 6.45) is 0. The highest BCUT2D eigenvalue weighted by atomic mass is 35.5. The van der Waals surface area contributed by atoms with Gasteiger partial charge in [0, 0.05) is 29.4 Å². The Bertz CT molecular complexity index is 1570. The monoisotopic (exact) mass is 528 g/mol. The zero-order valence-corrected chi connectivity index (χ0v) is 20.5. The smallest absolute Gasteiger partial charge is 0.318 e. The predicted octanol–water partition coefficient (Wildman–Crippen LogP) is 4.08. The van der Waals surface area contributed by atoms with Gasteiger partial charge in [-0.25, -0.2) is 8.78 Å². The Kier molecular flexibility index (Phi) is 5.57. The number of nitrogen functional groups attached to an aromatic ring is 1. The van der Waals surface area contributed by atoms with Crippen LogP contribution in [0.2, 0.25) is 5.02 Å². The molecule has 6 rings (SSSR count). The third-order valence-corrected chi connectivity index (χ3v) is 7.96. The van der Waals surface area contributed by atoms with E-state index in [4.69, 9.17) is 26.8 Å². The summed E-state index contributed by atoms with van der Waals surface area (Å²) < 4.78 is 42.2. The van der Waals surface area contributed by atoms with Crippen molar-refractivity contribution in [1.29, 1.82) is 5.26 Å². The second-order valence-electron chi connectivity index (χ2n) is 8.64. The summed E-state index contributed by atoms with van der Waals surface area (Å²) in [5, 5.41) is 13.9. The van der Waals surface area contributed by atoms with E-state index < -0.39 is 11.6 Å². The molecule has 2 fully saturated rings. The average molecular weight is 529 g/mol. The van der Waals surface area contributed by atoms with Crippen molar-refractivity contribution >= 4 is 54.7 Å². The lowest BCUT2D eigenvalue weighted by molar-refractivity contribution is 0.0524. The molecule has 4 heterocycles. The van der Waals surface area contributed by atoms with Crippen LogP contribution in [0, 0.1) is 23.0 Å². The van der Waals surface area contributed by atoms with Crippen molar-refractivity contribution in [3.8, 4) is 23.2 Å². The van der Waals surface area contributed by atoms with Crippen LogP contribution in [-0.4, -0.2) is 55.5 Å². The number of anilines is 2. The Morgan fingerprint density at radius 3 is 2.72 bits per heavy atom. The Labute approximate surface area is 213 Å². The van der Waals surface area contributed by atoms with Gasteiger partial charge in [0.1, 0.15) is 28.2 Å². The lowest BCUT2D eigenvalue weighted by Crippen LogP contribution is -2.64. The zero-order chi connectivity index (χ0) is 25.1. The second kappa shape index (κ2) is 8.67. The van der Waals surface area contributed by atoms with Gasteiger partial charge in [0.25, 0.3) is 0 Å². The Morgan fingerprint density at radius 2 is 2.03 bits per heavy atom. The fourth-order valence-electron chi connectivity index (χ4n) is 5.08. The number of nitriles is 1. The number of nitrogens with zero attached hydrogens (tertiary/aromatic N) is 4. The van der Waals surface area contributed by atoms with Gasteiger partial charge in [-0.3, -0.25) is 0 Å². The first kappa shape index (κ1) is 23.1. The van der Waals surface area contributed by atoms with Crippen molar-refractivity contribution in [2.24, 2.45) is 0 Å². The molecular weight excluding hydrogens is 510 g/mol. The van der Waals surface area contributed by atoms with Gasteiger partial charge in [-0.1, -0.05) is 17.7 Å². The van der Waals surface area contributed by atoms with E-state index in [1.165, 1.54) is 19.2 Å². The SMILES string of the molecule is COc1nc(N2C3CNCC2COC3)c2cc(Cl)c(-c3ccc(F)c4sc(N)c(C#N)c34)c(F)c2n1. The second-order valence-corrected chi connectivity index (χ2v) is 10.1. The van der Waals surface area contributed by atoms with Gasteiger partial charge in [0.05, 0.1) is 47.7 Å². The Balaban J connectivity index is 1.64. The summed E-state index contributed by atoms with van der Waals surface area (Å²) in [4.78, 5) is 11.0. The summed E-state index contributed by atoms with van der Waals surface area (Å²) in [5.74, 6) is -0.772. The number of nitrogens with one attached hydrogen (secondary N) is 1. The molecule has 2 atom stereocenters. The molecule has 2 saturated heterocycles. The number of benzene rings is 2. The van der Waals surface area contributed by atoms with Crippen LogP contribution in [0.1, 0.15) is 5.56 Å². The minimum absolute atomic E-state index is 0.000918. The molecule has 2 unspecified atom stereocenters. The number of aromatic nitrogens is 2. The van der Waals surface area contributed by atoms with E-state index in [0.717, 1.165) is 11.3 Å². The summed E-state index contributed by atoms with van der Waals surface area (Å²) >= 11 is 7.64. The fraction of sp³-hybridized carbons (Fsp3) is 0.292. The molecule has 0 radical (unpaired) electrons. The number of ether oxygens (including phenoxy) is 2. The van der Waals surface area contributed by atoms with Gasteiger partial charge in [0.15, 0.2) is 5.82 Å². The Hall–Kier alpha value is -3.30. The minimum atomic E-state index is -0.724. The van der Waals surface area contributed by atoms with Crippen LogP contribution in [0.15, 0.2) is 18.2 Å². The molecule has 0 spiro atoms. The van der Waals surface area contributed by atoms with Gasteiger partial charge in [-0.05, 0) is 17.7 Å². The van der Waals surface area contributed by atoms with Crippen molar-refractivity contribution < 1.29 is 18.3 Å². The molecule has 4 aromatic rings. The molecule has 2 aliphatic rings. The normalized spacial score (nSPS) is 19.6. The molecule has 2 aromatic carbocycles. The number of morpholine rings is 1. The van der Waals surface area contributed by atoms with Gasteiger partial charge < -0.3 is 25.4 Å². The number of fused-ring (bicyclic) bond motifs is 4.